The Morgan fingerprint density at radius 1 is 0.844 bits per heavy atom. The van der Waals surface area contributed by atoms with Crippen LogP contribution in [0.3, 0.4) is 0 Å². The van der Waals surface area contributed by atoms with Gasteiger partial charge in [-0.3, -0.25) is 19.3 Å². The van der Waals surface area contributed by atoms with Gasteiger partial charge in [0, 0.05) is 64.8 Å². The molecule has 7 heteroatoms. The molecule has 0 N–H and O–H groups in total. The Kier molecular flexibility index (Phi) is 7.13. The van der Waals surface area contributed by atoms with Crippen LogP contribution < -0.4 is 0 Å². The van der Waals surface area contributed by atoms with Gasteiger partial charge in [0.15, 0.2) is 0 Å². The zero-order valence-corrected chi connectivity index (χ0v) is 19.5. The summed E-state index contributed by atoms with van der Waals surface area (Å²) in [6.45, 7) is 8.85. The van der Waals surface area contributed by atoms with E-state index < -0.39 is 0 Å². The van der Waals surface area contributed by atoms with Gasteiger partial charge in [-0.15, -0.1) is 0 Å². The summed E-state index contributed by atoms with van der Waals surface area (Å²) in [7, 11) is 0. The summed E-state index contributed by atoms with van der Waals surface area (Å²) in [5.41, 5.74) is 1.83. The number of hydrogen-bond acceptors (Lipinski definition) is 4. The fourth-order valence-corrected chi connectivity index (χ4v) is 5.52. The first-order valence-corrected chi connectivity index (χ1v) is 12.1. The van der Waals surface area contributed by atoms with Gasteiger partial charge in [0.05, 0.1) is 6.04 Å². The first kappa shape index (κ1) is 22.8. The number of aryl methyl sites for hydroxylation is 1. The maximum absolute atomic E-state index is 13.6. The Morgan fingerprint density at radius 3 is 2.03 bits per heavy atom. The molecule has 1 aliphatic carbocycles. The first-order valence-electron chi connectivity index (χ1n) is 12.1. The molecular weight excluding hydrogens is 404 g/mol. The second kappa shape index (κ2) is 10.0. The molecule has 174 valence electrons. The first-order chi connectivity index (χ1) is 15.4. The summed E-state index contributed by atoms with van der Waals surface area (Å²) < 4.78 is 0. The van der Waals surface area contributed by atoms with Crippen molar-refractivity contribution in [3.63, 3.8) is 0 Å². The van der Waals surface area contributed by atoms with Crippen molar-refractivity contribution in [1.29, 1.82) is 0 Å². The number of rotatable bonds is 4. The number of carbonyl (C=O) groups is 3. The molecule has 4 rings (SSSR count). The SMILES string of the molecule is CC(=O)N1CCN(C(=O)[C@H](C2CCCC2)N2CCN(C(=O)c3cccc(C)c3)CC2)CC1. The molecule has 7 nitrogen and oxygen atoms in total. The Labute approximate surface area is 191 Å². The molecule has 1 aromatic rings. The summed E-state index contributed by atoms with van der Waals surface area (Å²) in [6.07, 6.45) is 4.59. The Bertz CT molecular complexity index is 835. The number of benzene rings is 1. The third kappa shape index (κ3) is 4.98. The second-order valence-corrected chi connectivity index (χ2v) is 9.52. The molecule has 32 heavy (non-hydrogen) atoms. The highest BCUT2D eigenvalue weighted by molar-refractivity contribution is 5.94. The molecule has 1 saturated carbocycles. The number of nitrogens with zero attached hydrogens (tertiary/aromatic N) is 4. The minimum atomic E-state index is -0.0994. The number of amides is 3. The van der Waals surface area contributed by atoms with E-state index in [-0.39, 0.29) is 23.8 Å². The molecule has 2 heterocycles. The van der Waals surface area contributed by atoms with Crippen molar-refractivity contribution in [2.75, 3.05) is 52.4 Å². The van der Waals surface area contributed by atoms with E-state index in [9.17, 15) is 14.4 Å². The Morgan fingerprint density at radius 2 is 1.44 bits per heavy atom. The predicted molar refractivity (Wildman–Crippen MR) is 123 cm³/mol. The molecule has 0 aromatic heterocycles. The second-order valence-electron chi connectivity index (χ2n) is 9.52. The van der Waals surface area contributed by atoms with Gasteiger partial charge in [-0.2, -0.15) is 0 Å². The molecule has 3 fully saturated rings. The lowest BCUT2D eigenvalue weighted by Crippen LogP contribution is -2.60. The normalized spacial score (nSPS) is 21.6. The smallest absolute Gasteiger partial charge is 0.253 e. The van der Waals surface area contributed by atoms with Crippen LogP contribution in [0, 0.1) is 12.8 Å². The van der Waals surface area contributed by atoms with Crippen LogP contribution in [0.4, 0.5) is 0 Å². The van der Waals surface area contributed by atoms with Crippen molar-refractivity contribution in [1.82, 2.24) is 19.6 Å². The van der Waals surface area contributed by atoms with Gasteiger partial charge in [-0.05, 0) is 37.8 Å². The van der Waals surface area contributed by atoms with Crippen molar-refractivity contribution >= 4 is 17.7 Å². The Hall–Kier alpha value is -2.41. The molecule has 2 aliphatic heterocycles. The molecule has 0 unspecified atom stereocenters. The average molecular weight is 441 g/mol. The number of hydrogen-bond donors (Lipinski definition) is 0. The van der Waals surface area contributed by atoms with Crippen LogP contribution in [0.5, 0.6) is 0 Å². The molecule has 0 spiro atoms. The van der Waals surface area contributed by atoms with Crippen molar-refractivity contribution < 1.29 is 14.4 Å². The molecular formula is C25H36N4O3. The summed E-state index contributed by atoms with van der Waals surface area (Å²) in [4.78, 5) is 46.3. The highest BCUT2D eigenvalue weighted by Crippen LogP contribution is 2.32. The molecule has 3 aliphatic rings. The highest BCUT2D eigenvalue weighted by atomic mass is 16.2. The maximum atomic E-state index is 13.6. The Balaban J connectivity index is 1.40. The fourth-order valence-electron chi connectivity index (χ4n) is 5.52. The largest absolute Gasteiger partial charge is 0.339 e. The summed E-state index contributed by atoms with van der Waals surface area (Å²) in [5.74, 6) is 0.780. The average Bonchev–Trinajstić information content (AvgIpc) is 3.33. The van der Waals surface area contributed by atoms with Crippen LogP contribution in [0.2, 0.25) is 0 Å². The van der Waals surface area contributed by atoms with Crippen LogP contribution in [-0.4, -0.2) is 95.7 Å². The monoisotopic (exact) mass is 440 g/mol. The molecule has 0 radical (unpaired) electrons. The zero-order valence-electron chi connectivity index (χ0n) is 19.5. The summed E-state index contributed by atoms with van der Waals surface area (Å²) in [6, 6.07) is 7.66. The fraction of sp³-hybridized carbons (Fsp3) is 0.640. The van der Waals surface area contributed by atoms with E-state index in [0.29, 0.717) is 45.2 Å². The summed E-state index contributed by atoms with van der Waals surface area (Å²) >= 11 is 0. The minimum Gasteiger partial charge on any atom is -0.339 e. The van der Waals surface area contributed by atoms with Crippen LogP contribution in [0.1, 0.15) is 48.5 Å². The number of carbonyl (C=O) groups excluding carboxylic acids is 3. The highest BCUT2D eigenvalue weighted by Gasteiger charge is 2.40. The zero-order chi connectivity index (χ0) is 22.7. The predicted octanol–water partition coefficient (Wildman–Crippen LogP) is 2.00. The van der Waals surface area contributed by atoms with Crippen molar-refractivity contribution in [3.05, 3.63) is 35.4 Å². The lowest BCUT2D eigenvalue weighted by atomic mass is 9.94. The van der Waals surface area contributed by atoms with Gasteiger partial charge in [0.25, 0.3) is 5.91 Å². The summed E-state index contributed by atoms with van der Waals surface area (Å²) in [5, 5.41) is 0. The lowest BCUT2D eigenvalue weighted by molar-refractivity contribution is -0.144. The van der Waals surface area contributed by atoms with Gasteiger partial charge in [0.1, 0.15) is 0 Å². The van der Waals surface area contributed by atoms with Crippen LogP contribution >= 0.6 is 0 Å². The van der Waals surface area contributed by atoms with E-state index in [1.54, 1.807) is 6.92 Å². The van der Waals surface area contributed by atoms with Crippen molar-refractivity contribution in [3.8, 4) is 0 Å². The van der Waals surface area contributed by atoms with Gasteiger partial charge in [0.2, 0.25) is 11.8 Å². The third-order valence-corrected chi connectivity index (χ3v) is 7.40. The van der Waals surface area contributed by atoms with Crippen molar-refractivity contribution in [2.45, 2.75) is 45.6 Å². The van der Waals surface area contributed by atoms with Crippen LogP contribution in [-0.2, 0) is 9.59 Å². The maximum Gasteiger partial charge on any atom is 0.253 e. The lowest BCUT2D eigenvalue weighted by Gasteiger charge is -2.44. The van der Waals surface area contributed by atoms with Crippen LogP contribution in [0.25, 0.3) is 0 Å². The van der Waals surface area contributed by atoms with Crippen molar-refractivity contribution in [2.24, 2.45) is 5.92 Å². The molecule has 1 atom stereocenters. The molecule has 3 amide bonds. The van der Waals surface area contributed by atoms with E-state index in [0.717, 1.165) is 37.1 Å². The van der Waals surface area contributed by atoms with E-state index in [1.807, 2.05) is 45.9 Å². The number of piperazine rings is 2. The molecule has 1 aromatic carbocycles. The van der Waals surface area contributed by atoms with Gasteiger partial charge >= 0.3 is 0 Å². The van der Waals surface area contributed by atoms with E-state index in [1.165, 1.54) is 12.8 Å². The van der Waals surface area contributed by atoms with Gasteiger partial charge in [-0.25, -0.2) is 0 Å². The quantitative estimate of drug-likeness (QED) is 0.719. The van der Waals surface area contributed by atoms with E-state index in [2.05, 4.69) is 4.90 Å². The van der Waals surface area contributed by atoms with Crippen LogP contribution in [0.15, 0.2) is 24.3 Å². The standard InChI is InChI=1S/C25H36N4O3/c1-19-6-5-9-22(18-19)24(31)28-16-12-27(13-17-28)23(21-7-3-4-8-21)25(32)29-14-10-26(11-15-29)20(2)30/h5-6,9,18,21,23H,3-4,7-8,10-17H2,1-2H3/t23-/m0/s1. The van der Waals surface area contributed by atoms with E-state index in [4.69, 9.17) is 0 Å². The van der Waals surface area contributed by atoms with Gasteiger partial charge < -0.3 is 14.7 Å². The molecule has 2 saturated heterocycles. The topological polar surface area (TPSA) is 64.2 Å². The van der Waals surface area contributed by atoms with E-state index >= 15 is 0 Å². The minimum absolute atomic E-state index is 0.0810. The van der Waals surface area contributed by atoms with Gasteiger partial charge in [-0.1, -0.05) is 30.5 Å². The molecule has 0 bridgehead atoms. The third-order valence-electron chi connectivity index (χ3n) is 7.40.